The number of rotatable bonds is 3. The summed E-state index contributed by atoms with van der Waals surface area (Å²) >= 11 is 3.21. The Hall–Kier alpha value is -1.30. The molecule has 0 aliphatic carbocycles. The van der Waals surface area contributed by atoms with Crippen LogP contribution in [0.5, 0.6) is 5.75 Å². The van der Waals surface area contributed by atoms with E-state index < -0.39 is 11.4 Å². The first-order valence-electron chi connectivity index (χ1n) is 7.30. The minimum absolute atomic E-state index is 0.190. The maximum Gasteiger partial charge on any atom is 0.410 e. The summed E-state index contributed by atoms with van der Waals surface area (Å²) in [6.45, 7) is 7.14. The second-order valence-electron chi connectivity index (χ2n) is 6.47. The predicted molar refractivity (Wildman–Crippen MR) is 85.5 cm³/mol. The summed E-state index contributed by atoms with van der Waals surface area (Å²) in [5, 5.41) is 0. The number of halogens is 2. The number of nitrogens with zero attached hydrogens (tertiary/aromatic N) is 1. The van der Waals surface area contributed by atoms with Crippen LogP contribution in [0.15, 0.2) is 22.7 Å². The molecule has 0 N–H and O–H groups in total. The van der Waals surface area contributed by atoms with E-state index in [2.05, 4.69) is 15.9 Å². The van der Waals surface area contributed by atoms with E-state index in [-0.39, 0.29) is 17.8 Å². The third-order valence-electron chi connectivity index (χ3n) is 3.31. The molecule has 0 radical (unpaired) electrons. The Labute approximate surface area is 138 Å². The Morgan fingerprint density at radius 3 is 2.82 bits per heavy atom. The molecule has 2 rings (SSSR count). The highest BCUT2D eigenvalue weighted by atomic mass is 79.9. The van der Waals surface area contributed by atoms with E-state index in [0.717, 1.165) is 6.42 Å². The van der Waals surface area contributed by atoms with Crippen LogP contribution >= 0.6 is 15.9 Å². The molecule has 0 aromatic heterocycles. The number of carbonyl (C=O) groups is 1. The summed E-state index contributed by atoms with van der Waals surface area (Å²) in [5.41, 5.74) is -0.494. The first kappa shape index (κ1) is 17.1. The maximum absolute atomic E-state index is 13.7. The summed E-state index contributed by atoms with van der Waals surface area (Å²) in [6.07, 6.45) is 0.530. The third-order valence-corrected chi connectivity index (χ3v) is 3.80. The van der Waals surface area contributed by atoms with Gasteiger partial charge in [-0.1, -0.05) is 15.9 Å². The van der Waals surface area contributed by atoms with Crippen LogP contribution in [0.2, 0.25) is 0 Å². The number of hydrogen-bond donors (Lipinski definition) is 0. The molecular formula is C16H21BrFNO3. The molecule has 4 nitrogen and oxygen atoms in total. The van der Waals surface area contributed by atoms with Crippen LogP contribution < -0.4 is 4.74 Å². The van der Waals surface area contributed by atoms with E-state index in [9.17, 15) is 9.18 Å². The van der Waals surface area contributed by atoms with Crippen molar-refractivity contribution in [3.63, 3.8) is 0 Å². The quantitative estimate of drug-likeness (QED) is 0.795. The van der Waals surface area contributed by atoms with Crippen molar-refractivity contribution in [3.05, 3.63) is 28.5 Å². The molecule has 1 fully saturated rings. The lowest BCUT2D eigenvalue weighted by molar-refractivity contribution is 0.0284. The molecule has 1 aromatic carbocycles. The highest BCUT2D eigenvalue weighted by Gasteiger charge is 2.30. The van der Waals surface area contributed by atoms with Gasteiger partial charge in [-0.05, 0) is 45.4 Å². The monoisotopic (exact) mass is 373 g/mol. The van der Waals surface area contributed by atoms with Gasteiger partial charge in [0, 0.05) is 23.5 Å². The molecule has 1 heterocycles. The van der Waals surface area contributed by atoms with Gasteiger partial charge in [0.15, 0.2) is 11.6 Å². The Kier molecular flexibility index (Phi) is 5.32. The molecule has 122 valence electrons. The smallest absolute Gasteiger partial charge is 0.410 e. The van der Waals surface area contributed by atoms with Crippen LogP contribution in [0.4, 0.5) is 9.18 Å². The van der Waals surface area contributed by atoms with E-state index in [4.69, 9.17) is 9.47 Å². The predicted octanol–water partition coefficient (Wildman–Crippen LogP) is 4.22. The summed E-state index contributed by atoms with van der Waals surface area (Å²) < 4.78 is 25.2. The van der Waals surface area contributed by atoms with Gasteiger partial charge in [0.1, 0.15) is 5.60 Å². The van der Waals surface area contributed by atoms with Gasteiger partial charge in [-0.2, -0.15) is 0 Å². The normalized spacial score (nSPS) is 18.4. The molecule has 0 spiro atoms. The fraction of sp³-hybridized carbons (Fsp3) is 0.562. The van der Waals surface area contributed by atoms with Gasteiger partial charge in [-0.25, -0.2) is 9.18 Å². The molecule has 1 amide bonds. The lowest BCUT2D eigenvalue weighted by atomic mass is 10.1. The van der Waals surface area contributed by atoms with Gasteiger partial charge in [0.2, 0.25) is 0 Å². The van der Waals surface area contributed by atoms with Crippen LogP contribution in [0.25, 0.3) is 0 Å². The topological polar surface area (TPSA) is 38.8 Å². The molecule has 1 saturated heterocycles. The Morgan fingerprint density at radius 2 is 2.18 bits per heavy atom. The number of likely N-dealkylation sites (tertiary alicyclic amines) is 1. The van der Waals surface area contributed by atoms with Crippen LogP contribution in [0.3, 0.4) is 0 Å². The van der Waals surface area contributed by atoms with E-state index in [1.807, 2.05) is 20.8 Å². The van der Waals surface area contributed by atoms with Crippen molar-refractivity contribution in [1.29, 1.82) is 0 Å². The molecule has 0 unspecified atom stereocenters. The summed E-state index contributed by atoms with van der Waals surface area (Å²) in [7, 11) is 0. The average molecular weight is 374 g/mol. The second-order valence-corrected chi connectivity index (χ2v) is 7.38. The van der Waals surface area contributed by atoms with Gasteiger partial charge in [0.05, 0.1) is 6.61 Å². The zero-order valence-corrected chi connectivity index (χ0v) is 14.7. The van der Waals surface area contributed by atoms with Crippen molar-refractivity contribution in [2.75, 3.05) is 19.7 Å². The Bertz CT molecular complexity index is 545. The summed E-state index contributed by atoms with van der Waals surface area (Å²) in [6, 6.07) is 4.71. The average Bonchev–Trinajstić information content (AvgIpc) is 2.84. The zero-order valence-electron chi connectivity index (χ0n) is 13.1. The molecule has 1 aliphatic rings. The minimum Gasteiger partial charge on any atom is -0.490 e. The molecule has 6 heteroatoms. The summed E-state index contributed by atoms with van der Waals surface area (Å²) in [5.74, 6) is 0.0332. The molecule has 1 aliphatic heterocycles. The van der Waals surface area contributed by atoms with Gasteiger partial charge in [-0.15, -0.1) is 0 Å². The number of amides is 1. The molecule has 0 saturated carbocycles. The fourth-order valence-electron chi connectivity index (χ4n) is 2.26. The maximum atomic E-state index is 13.7. The molecule has 1 aromatic rings. The molecular weight excluding hydrogens is 353 g/mol. The SMILES string of the molecule is CC(C)(C)OC(=O)N1CC[C@@H](COc2ccc(Br)cc2F)C1. The number of carbonyl (C=O) groups excluding carboxylic acids is 1. The molecule has 22 heavy (non-hydrogen) atoms. The first-order chi connectivity index (χ1) is 10.2. The largest absolute Gasteiger partial charge is 0.490 e. The van der Waals surface area contributed by atoms with E-state index in [0.29, 0.717) is 24.2 Å². The molecule has 1 atom stereocenters. The van der Waals surface area contributed by atoms with Crippen molar-refractivity contribution >= 4 is 22.0 Å². The lowest BCUT2D eigenvalue weighted by Gasteiger charge is -2.24. The van der Waals surface area contributed by atoms with Crippen molar-refractivity contribution < 1.29 is 18.7 Å². The first-order valence-corrected chi connectivity index (χ1v) is 8.09. The lowest BCUT2D eigenvalue weighted by Crippen LogP contribution is -2.35. The van der Waals surface area contributed by atoms with E-state index >= 15 is 0 Å². The van der Waals surface area contributed by atoms with E-state index in [1.165, 1.54) is 6.07 Å². The highest BCUT2D eigenvalue weighted by molar-refractivity contribution is 9.10. The number of benzene rings is 1. The van der Waals surface area contributed by atoms with Crippen LogP contribution in [0, 0.1) is 11.7 Å². The van der Waals surface area contributed by atoms with Crippen molar-refractivity contribution in [3.8, 4) is 5.75 Å². The molecule has 0 bridgehead atoms. The van der Waals surface area contributed by atoms with Crippen molar-refractivity contribution in [1.82, 2.24) is 4.90 Å². The van der Waals surface area contributed by atoms with Crippen LogP contribution in [-0.2, 0) is 4.74 Å². The Morgan fingerprint density at radius 1 is 1.45 bits per heavy atom. The Balaban J connectivity index is 1.82. The zero-order chi connectivity index (χ0) is 16.3. The van der Waals surface area contributed by atoms with Crippen molar-refractivity contribution in [2.24, 2.45) is 5.92 Å². The standard InChI is InChI=1S/C16H21BrFNO3/c1-16(2,3)22-15(20)19-7-6-11(9-19)10-21-14-5-4-12(17)8-13(14)18/h4-5,8,11H,6-7,9-10H2,1-3H3/t11-/m1/s1. The minimum atomic E-state index is -0.494. The number of hydrogen-bond acceptors (Lipinski definition) is 3. The number of ether oxygens (including phenoxy) is 2. The van der Waals surface area contributed by atoms with Gasteiger partial charge < -0.3 is 14.4 Å². The second kappa shape index (κ2) is 6.86. The third kappa shape index (κ3) is 4.87. The highest BCUT2D eigenvalue weighted by Crippen LogP contribution is 2.24. The van der Waals surface area contributed by atoms with Crippen molar-refractivity contribution in [2.45, 2.75) is 32.8 Å². The fourth-order valence-corrected chi connectivity index (χ4v) is 2.59. The van der Waals surface area contributed by atoms with Gasteiger partial charge >= 0.3 is 6.09 Å². The van der Waals surface area contributed by atoms with Crippen LogP contribution in [-0.4, -0.2) is 36.3 Å². The van der Waals surface area contributed by atoms with Crippen LogP contribution in [0.1, 0.15) is 27.2 Å². The van der Waals surface area contributed by atoms with E-state index in [1.54, 1.807) is 17.0 Å². The van der Waals surface area contributed by atoms with Gasteiger partial charge in [0.25, 0.3) is 0 Å². The summed E-state index contributed by atoms with van der Waals surface area (Å²) in [4.78, 5) is 13.6. The van der Waals surface area contributed by atoms with Gasteiger partial charge in [-0.3, -0.25) is 0 Å².